The highest BCUT2D eigenvalue weighted by Crippen LogP contribution is 2.37. The Morgan fingerprint density at radius 2 is 1.79 bits per heavy atom. The van der Waals surface area contributed by atoms with Gasteiger partial charge >= 0.3 is 5.69 Å². The molecule has 4 heterocycles. The van der Waals surface area contributed by atoms with E-state index < -0.39 is 11.9 Å². The first-order chi connectivity index (χ1) is 30.2. The summed E-state index contributed by atoms with van der Waals surface area (Å²) in [6, 6.07) is 18.8. The number of nitrogens with zero attached hydrogens (tertiary/aromatic N) is 7. The standard InChI is InChI=1S/C49H55ClFN9O2/c1-4-12-44(47(61)52-5-2)60-43-21-18-34(27-45(43)56(3)49(60)62)13-8-7-11-22-57-23-25-58(26-24-57)32-35-16-19-36(20-17-35)42-33-59(40-14-9-6-10-15-40)46-41(42)31-53-48(55-46)54-39-29-37(50)28-38(51)30-39/h5,16-21,27-31,33,40,44H,2,4,6-7,9-12,14-15,22-26,32H2,1,3H3,(H,52,61)(H,53,54,55). The van der Waals surface area contributed by atoms with E-state index in [1.165, 1.54) is 43.2 Å². The molecule has 11 nitrogen and oxygen atoms in total. The number of piperazine rings is 1. The van der Waals surface area contributed by atoms with Crippen LogP contribution in [0.3, 0.4) is 0 Å². The fraction of sp³-hybridized carbons (Fsp3) is 0.388. The lowest BCUT2D eigenvalue weighted by molar-refractivity contribution is -0.123. The number of halogens is 2. The van der Waals surface area contributed by atoms with Crippen molar-refractivity contribution in [3.05, 3.63) is 118 Å². The van der Waals surface area contributed by atoms with Gasteiger partial charge in [-0.3, -0.25) is 18.8 Å². The Hall–Kier alpha value is -5.74. The zero-order chi connectivity index (χ0) is 43.2. The van der Waals surface area contributed by atoms with Crippen LogP contribution in [0.25, 0.3) is 33.2 Å². The lowest BCUT2D eigenvalue weighted by Gasteiger charge is -2.34. The maximum Gasteiger partial charge on any atom is 0.329 e. The van der Waals surface area contributed by atoms with Crippen molar-refractivity contribution in [1.29, 1.82) is 0 Å². The van der Waals surface area contributed by atoms with Crippen LogP contribution in [0, 0.1) is 17.7 Å². The molecule has 8 rings (SSSR count). The number of nitrogens with one attached hydrogen (secondary N) is 2. The molecule has 0 spiro atoms. The molecule has 6 aromatic rings. The smallest absolute Gasteiger partial charge is 0.329 e. The van der Waals surface area contributed by atoms with Gasteiger partial charge in [-0.05, 0) is 86.0 Å². The summed E-state index contributed by atoms with van der Waals surface area (Å²) in [6.07, 6.45) is 14.5. The molecule has 62 heavy (non-hydrogen) atoms. The van der Waals surface area contributed by atoms with Crippen LogP contribution in [0.15, 0.2) is 90.6 Å². The Bertz CT molecular complexity index is 2660. The van der Waals surface area contributed by atoms with Crippen LogP contribution in [-0.2, 0) is 18.4 Å². The van der Waals surface area contributed by atoms with Gasteiger partial charge in [0.25, 0.3) is 0 Å². The van der Waals surface area contributed by atoms with E-state index in [1.54, 1.807) is 22.2 Å². The van der Waals surface area contributed by atoms with E-state index in [-0.39, 0.29) is 11.6 Å². The van der Waals surface area contributed by atoms with E-state index in [4.69, 9.17) is 16.6 Å². The summed E-state index contributed by atoms with van der Waals surface area (Å²) >= 11 is 6.11. The molecule has 0 radical (unpaired) electrons. The molecule has 3 aromatic carbocycles. The van der Waals surface area contributed by atoms with E-state index in [2.05, 4.69) is 78.9 Å². The molecule has 1 aliphatic heterocycles. The fourth-order valence-electron chi connectivity index (χ4n) is 9.08. The first-order valence-electron chi connectivity index (χ1n) is 21.9. The molecule has 0 bridgehead atoms. The quantitative estimate of drug-likeness (QED) is 0.0832. The minimum Gasteiger partial charge on any atom is -0.331 e. The SMILES string of the molecule is C=CNC(=O)C(CCC)n1c(=O)n(C)c2cc(C#CCCCN3CCN(Cc4ccc(-c5cn(C6CCCCC6)c6nc(Nc7cc(F)cc(Cl)c7)ncc56)cc4)CC3)ccc21. The zero-order valence-electron chi connectivity index (χ0n) is 35.7. The summed E-state index contributed by atoms with van der Waals surface area (Å²) < 4.78 is 19.6. The molecule has 3 aromatic heterocycles. The summed E-state index contributed by atoms with van der Waals surface area (Å²) in [7, 11) is 1.74. The van der Waals surface area contributed by atoms with E-state index >= 15 is 0 Å². The molecule has 1 atom stereocenters. The molecule has 322 valence electrons. The predicted octanol–water partition coefficient (Wildman–Crippen LogP) is 9.34. The predicted molar refractivity (Wildman–Crippen MR) is 247 cm³/mol. The minimum absolute atomic E-state index is 0.220. The van der Waals surface area contributed by atoms with Gasteiger partial charge in [-0.25, -0.2) is 14.2 Å². The van der Waals surface area contributed by atoms with Gasteiger partial charge in [-0.1, -0.05) is 86.9 Å². The van der Waals surface area contributed by atoms with Crippen LogP contribution in [0.5, 0.6) is 0 Å². The lowest BCUT2D eigenvalue weighted by atomic mass is 9.95. The van der Waals surface area contributed by atoms with Crippen LogP contribution in [-0.4, -0.2) is 72.1 Å². The Labute approximate surface area is 367 Å². The fourth-order valence-corrected chi connectivity index (χ4v) is 9.30. The molecular formula is C49H55ClFN9O2. The molecule has 13 heteroatoms. The monoisotopic (exact) mass is 855 g/mol. The Morgan fingerprint density at radius 3 is 2.53 bits per heavy atom. The number of aryl methyl sites for hydroxylation is 1. The number of hydrogen-bond donors (Lipinski definition) is 2. The third kappa shape index (κ3) is 9.65. The second-order valence-corrected chi connectivity index (χ2v) is 17.0. The largest absolute Gasteiger partial charge is 0.331 e. The second kappa shape index (κ2) is 19.5. The van der Waals surface area contributed by atoms with Gasteiger partial charge in [0, 0.05) is 91.9 Å². The molecule has 1 unspecified atom stereocenters. The van der Waals surface area contributed by atoms with Crippen LogP contribution in [0.4, 0.5) is 16.0 Å². The number of aromatic nitrogens is 5. The molecule has 1 saturated heterocycles. The molecule has 2 fully saturated rings. The van der Waals surface area contributed by atoms with Gasteiger partial charge in [-0.15, -0.1) is 0 Å². The van der Waals surface area contributed by atoms with E-state index in [0.717, 1.165) is 110 Å². The Morgan fingerprint density at radius 1 is 1.02 bits per heavy atom. The van der Waals surface area contributed by atoms with Gasteiger partial charge in [0.15, 0.2) is 0 Å². The van der Waals surface area contributed by atoms with Crippen LogP contribution in [0.1, 0.15) is 87.9 Å². The van der Waals surface area contributed by atoms with Crippen molar-refractivity contribution in [1.82, 2.24) is 38.8 Å². The summed E-state index contributed by atoms with van der Waals surface area (Å²) in [5.41, 5.74) is 7.05. The summed E-state index contributed by atoms with van der Waals surface area (Å²) in [5, 5.41) is 7.12. The Kier molecular flexibility index (Phi) is 13.5. The zero-order valence-corrected chi connectivity index (χ0v) is 36.4. The number of unbranched alkanes of at least 4 members (excludes halogenated alkanes) is 1. The van der Waals surface area contributed by atoms with Gasteiger partial charge in [0.2, 0.25) is 11.9 Å². The minimum atomic E-state index is -0.606. The number of benzene rings is 3. The van der Waals surface area contributed by atoms with Gasteiger partial charge < -0.3 is 20.1 Å². The molecule has 1 aliphatic carbocycles. The average molecular weight is 856 g/mol. The van der Waals surface area contributed by atoms with Crippen LogP contribution >= 0.6 is 11.6 Å². The molecule has 2 aliphatic rings. The maximum atomic E-state index is 14.1. The third-order valence-electron chi connectivity index (χ3n) is 12.3. The highest BCUT2D eigenvalue weighted by molar-refractivity contribution is 6.30. The first kappa shape index (κ1) is 42.9. The summed E-state index contributed by atoms with van der Waals surface area (Å²) in [4.78, 5) is 40.7. The Balaban J connectivity index is 0.849. The number of rotatable bonds is 14. The third-order valence-corrected chi connectivity index (χ3v) is 12.5. The maximum absolute atomic E-state index is 14.1. The number of carbonyl (C=O) groups is 1. The molecular weight excluding hydrogens is 801 g/mol. The van der Waals surface area contributed by atoms with Crippen molar-refractivity contribution in [3.63, 3.8) is 0 Å². The molecule has 1 amide bonds. The average Bonchev–Trinajstić information content (AvgIpc) is 3.77. The van der Waals surface area contributed by atoms with Crippen molar-refractivity contribution in [2.75, 3.05) is 38.0 Å². The van der Waals surface area contributed by atoms with Gasteiger partial charge in [-0.2, -0.15) is 4.98 Å². The summed E-state index contributed by atoms with van der Waals surface area (Å²) in [5.74, 6) is 6.39. The second-order valence-electron chi connectivity index (χ2n) is 16.6. The number of amides is 1. The topological polar surface area (TPSA) is 105 Å². The first-order valence-corrected chi connectivity index (χ1v) is 22.3. The highest BCUT2D eigenvalue weighted by Gasteiger charge is 2.25. The van der Waals surface area contributed by atoms with Gasteiger partial charge in [0.05, 0.1) is 11.0 Å². The van der Waals surface area contributed by atoms with Gasteiger partial charge in [0.1, 0.15) is 17.5 Å². The number of imidazole rings is 1. The molecule has 1 saturated carbocycles. The van der Waals surface area contributed by atoms with Crippen molar-refractivity contribution in [2.45, 2.75) is 83.3 Å². The van der Waals surface area contributed by atoms with Crippen LogP contribution < -0.4 is 16.3 Å². The normalized spacial score (nSPS) is 15.7. The van der Waals surface area contributed by atoms with Crippen LogP contribution in [0.2, 0.25) is 5.02 Å². The van der Waals surface area contributed by atoms with Crippen molar-refractivity contribution in [3.8, 4) is 23.0 Å². The van der Waals surface area contributed by atoms with E-state index in [9.17, 15) is 14.0 Å². The number of fused-ring (bicyclic) bond motifs is 2. The number of anilines is 2. The lowest BCUT2D eigenvalue weighted by Crippen LogP contribution is -2.46. The highest BCUT2D eigenvalue weighted by atomic mass is 35.5. The van der Waals surface area contributed by atoms with E-state index in [0.29, 0.717) is 29.1 Å². The number of hydrogen-bond acceptors (Lipinski definition) is 7. The molecule has 2 N–H and O–H groups in total. The van der Waals surface area contributed by atoms with Crippen molar-refractivity contribution >= 4 is 51.2 Å². The van der Waals surface area contributed by atoms with Crippen molar-refractivity contribution in [2.24, 2.45) is 7.05 Å². The number of carbonyl (C=O) groups excluding carboxylic acids is 1. The van der Waals surface area contributed by atoms with E-state index in [1.807, 2.05) is 31.3 Å². The summed E-state index contributed by atoms with van der Waals surface area (Å²) in [6.45, 7) is 11.6. The van der Waals surface area contributed by atoms with Crippen molar-refractivity contribution < 1.29 is 9.18 Å².